The first-order chi connectivity index (χ1) is 9.04. The molecule has 1 fully saturated rings. The zero-order valence-corrected chi connectivity index (χ0v) is 13.1. The fourth-order valence-electron chi connectivity index (χ4n) is 2.16. The molecule has 5 nitrogen and oxygen atoms in total. The number of hydrogen-bond donors (Lipinski definition) is 1. The number of hydrogen-bond acceptors (Lipinski definition) is 4. The van der Waals surface area contributed by atoms with E-state index in [1.54, 1.807) is 0 Å². The number of ether oxygens (including phenoxy) is 2. The van der Waals surface area contributed by atoms with Crippen molar-refractivity contribution in [2.45, 2.75) is 62.9 Å². The first-order valence-electron chi connectivity index (χ1n) is 6.79. The number of carbonyl (C=O) groups is 2. The van der Waals surface area contributed by atoms with Crippen LogP contribution >= 0.6 is 15.9 Å². The number of cyclic esters (lactones) is 1. The molecule has 0 aliphatic carbocycles. The summed E-state index contributed by atoms with van der Waals surface area (Å²) in [5, 5.41) is 2.78. The van der Waals surface area contributed by atoms with Gasteiger partial charge in [-0.2, -0.15) is 0 Å². The van der Waals surface area contributed by atoms with Crippen LogP contribution in [0.2, 0.25) is 0 Å². The van der Waals surface area contributed by atoms with Crippen molar-refractivity contribution in [3.05, 3.63) is 0 Å². The van der Waals surface area contributed by atoms with E-state index in [0.717, 1.165) is 25.7 Å². The normalized spacial score (nSPS) is 24.9. The molecule has 1 unspecified atom stereocenters. The van der Waals surface area contributed by atoms with Crippen molar-refractivity contribution in [2.75, 3.05) is 6.61 Å². The van der Waals surface area contributed by atoms with Crippen molar-refractivity contribution in [1.82, 2.24) is 5.32 Å². The summed E-state index contributed by atoms with van der Waals surface area (Å²) in [7, 11) is 0. The lowest BCUT2D eigenvalue weighted by Crippen LogP contribution is -2.48. The van der Waals surface area contributed by atoms with Gasteiger partial charge in [0, 0.05) is 18.2 Å². The van der Waals surface area contributed by atoms with Gasteiger partial charge in [0.1, 0.15) is 6.10 Å². The highest BCUT2D eigenvalue weighted by molar-refractivity contribution is 9.09. The Morgan fingerprint density at radius 3 is 2.95 bits per heavy atom. The molecular weight excluding hydrogens is 314 g/mol. The molecule has 110 valence electrons. The summed E-state index contributed by atoms with van der Waals surface area (Å²) in [6.45, 7) is 3.80. The second kappa shape index (κ2) is 8.40. The number of alkyl carbamates (subject to hydrolysis) is 1. The van der Waals surface area contributed by atoms with Crippen molar-refractivity contribution in [1.29, 1.82) is 0 Å². The molecule has 0 radical (unpaired) electrons. The Bertz CT molecular complexity index is 311. The van der Waals surface area contributed by atoms with Crippen molar-refractivity contribution < 1.29 is 19.1 Å². The number of alkyl halides is 1. The van der Waals surface area contributed by atoms with Crippen LogP contribution in [0.1, 0.15) is 46.0 Å². The fraction of sp³-hybridized carbons (Fsp3) is 0.846. The SMILES string of the molecule is CCCCC[C@H](Br)C1NC(=O)OCC[C@H]1OC(C)=O. The van der Waals surface area contributed by atoms with E-state index in [-0.39, 0.29) is 29.5 Å². The lowest BCUT2D eigenvalue weighted by molar-refractivity contribution is -0.148. The van der Waals surface area contributed by atoms with Gasteiger partial charge in [0.25, 0.3) is 0 Å². The molecule has 0 bridgehead atoms. The van der Waals surface area contributed by atoms with Crippen LogP contribution in [-0.2, 0) is 14.3 Å². The fourth-order valence-corrected chi connectivity index (χ4v) is 2.95. The van der Waals surface area contributed by atoms with E-state index >= 15 is 0 Å². The summed E-state index contributed by atoms with van der Waals surface area (Å²) in [5.74, 6) is -0.334. The summed E-state index contributed by atoms with van der Waals surface area (Å²) in [6, 6.07) is -0.240. The summed E-state index contributed by atoms with van der Waals surface area (Å²) in [6.07, 6.45) is 4.04. The molecule has 0 aromatic rings. The molecule has 0 spiro atoms. The van der Waals surface area contributed by atoms with Crippen LogP contribution < -0.4 is 5.32 Å². The maximum atomic E-state index is 11.5. The predicted octanol–water partition coefficient (Wildman–Crippen LogP) is 2.76. The Labute approximate surface area is 122 Å². The number of rotatable bonds is 6. The molecule has 1 N–H and O–H groups in total. The zero-order valence-electron chi connectivity index (χ0n) is 11.5. The molecular formula is C13H22BrNO4. The average Bonchev–Trinajstić information content (AvgIpc) is 2.51. The van der Waals surface area contributed by atoms with E-state index in [2.05, 4.69) is 28.2 Å². The predicted molar refractivity (Wildman–Crippen MR) is 75.3 cm³/mol. The molecule has 3 atom stereocenters. The summed E-state index contributed by atoms with van der Waals surface area (Å²) in [4.78, 5) is 22.7. The summed E-state index contributed by atoms with van der Waals surface area (Å²) in [5.41, 5.74) is 0. The highest BCUT2D eigenvalue weighted by atomic mass is 79.9. The third-order valence-electron chi connectivity index (χ3n) is 3.11. The van der Waals surface area contributed by atoms with Gasteiger partial charge in [0.15, 0.2) is 0 Å². The number of halogens is 1. The monoisotopic (exact) mass is 335 g/mol. The molecule has 1 aliphatic rings. The number of esters is 1. The van der Waals surface area contributed by atoms with Gasteiger partial charge in [-0.1, -0.05) is 42.1 Å². The van der Waals surface area contributed by atoms with Gasteiger partial charge >= 0.3 is 12.1 Å². The van der Waals surface area contributed by atoms with Gasteiger partial charge in [0.05, 0.1) is 12.6 Å². The maximum absolute atomic E-state index is 11.5. The van der Waals surface area contributed by atoms with Gasteiger partial charge in [0.2, 0.25) is 0 Å². The number of amides is 1. The van der Waals surface area contributed by atoms with E-state index in [9.17, 15) is 9.59 Å². The molecule has 1 rings (SSSR count). The Morgan fingerprint density at radius 2 is 2.32 bits per heavy atom. The highest BCUT2D eigenvalue weighted by Gasteiger charge is 2.34. The second-order valence-electron chi connectivity index (χ2n) is 4.75. The smallest absolute Gasteiger partial charge is 0.407 e. The quantitative estimate of drug-likeness (QED) is 0.460. The molecule has 19 heavy (non-hydrogen) atoms. The van der Waals surface area contributed by atoms with Gasteiger partial charge < -0.3 is 14.8 Å². The third-order valence-corrected chi connectivity index (χ3v) is 4.14. The van der Waals surface area contributed by atoms with Crippen LogP contribution in [0, 0.1) is 0 Å². The zero-order chi connectivity index (χ0) is 14.3. The van der Waals surface area contributed by atoms with E-state index in [1.165, 1.54) is 6.92 Å². The van der Waals surface area contributed by atoms with Crippen LogP contribution in [0.25, 0.3) is 0 Å². The molecule has 0 aromatic carbocycles. The van der Waals surface area contributed by atoms with Crippen molar-refractivity contribution >= 4 is 28.0 Å². The number of nitrogens with one attached hydrogen (secondary N) is 1. The van der Waals surface area contributed by atoms with Crippen molar-refractivity contribution in [3.8, 4) is 0 Å². The molecule has 0 aromatic heterocycles. The lowest BCUT2D eigenvalue weighted by atomic mass is 10.0. The minimum Gasteiger partial charge on any atom is -0.460 e. The summed E-state index contributed by atoms with van der Waals surface area (Å²) < 4.78 is 10.3. The molecule has 6 heteroatoms. The minimum atomic E-state index is -0.445. The molecule has 1 amide bonds. The number of carbonyl (C=O) groups excluding carboxylic acids is 2. The maximum Gasteiger partial charge on any atom is 0.407 e. The molecule has 0 saturated carbocycles. The lowest BCUT2D eigenvalue weighted by Gasteiger charge is -2.28. The Balaban J connectivity index is 2.63. The van der Waals surface area contributed by atoms with Gasteiger partial charge in [-0.05, 0) is 6.42 Å². The van der Waals surface area contributed by atoms with Gasteiger partial charge in [-0.15, -0.1) is 0 Å². The Hall–Kier alpha value is -0.780. The molecule has 1 saturated heterocycles. The van der Waals surface area contributed by atoms with Crippen LogP contribution in [0.4, 0.5) is 4.79 Å². The van der Waals surface area contributed by atoms with Crippen molar-refractivity contribution in [2.24, 2.45) is 0 Å². The van der Waals surface area contributed by atoms with Crippen LogP contribution in [0.15, 0.2) is 0 Å². The van der Waals surface area contributed by atoms with E-state index in [1.807, 2.05) is 0 Å². The van der Waals surface area contributed by atoms with E-state index < -0.39 is 6.09 Å². The van der Waals surface area contributed by atoms with Crippen LogP contribution in [-0.4, -0.2) is 35.6 Å². The van der Waals surface area contributed by atoms with Crippen molar-refractivity contribution in [3.63, 3.8) is 0 Å². The average molecular weight is 336 g/mol. The number of unbranched alkanes of at least 4 members (excludes halogenated alkanes) is 2. The Morgan fingerprint density at radius 1 is 1.58 bits per heavy atom. The highest BCUT2D eigenvalue weighted by Crippen LogP contribution is 2.22. The topological polar surface area (TPSA) is 64.6 Å². The summed E-state index contributed by atoms with van der Waals surface area (Å²) >= 11 is 3.60. The van der Waals surface area contributed by atoms with Gasteiger partial charge in [-0.3, -0.25) is 4.79 Å². The van der Waals surface area contributed by atoms with E-state index in [0.29, 0.717) is 6.42 Å². The van der Waals surface area contributed by atoms with Crippen LogP contribution in [0.3, 0.4) is 0 Å². The van der Waals surface area contributed by atoms with Gasteiger partial charge in [-0.25, -0.2) is 4.79 Å². The van der Waals surface area contributed by atoms with Crippen LogP contribution in [0.5, 0.6) is 0 Å². The first-order valence-corrected chi connectivity index (χ1v) is 7.70. The molecule has 1 aliphatic heterocycles. The third kappa shape index (κ3) is 5.80. The largest absolute Gasteiger partial charge is 0.460 e. The first kappa shape index (κ1) is 16.3. The minimum absolute atomic E-state index is 0.0778. The standard InChI is InChI=1S/C13H22BrNO4/c1-3-4-5-6-10(14)12-11(19-9(2)16)7-8-18-13(17)15-12/h10-12H,3-8H2,1-2H3,(H,15,17)/t10-,11+,12?/m0/s1. The second-order valence-corrected chi connectivity index (χ2v) is 5.93. The Kier molecular flexibility index (Phi) is 7.20. The van der Waals surface area contributed by atoms with E-state index in [4.69, 9.17) is 9.47 Å². The molecule has 1 heterocycles.